The third-order valence-electron chi connectivity index (χ3n) is 1.08. The first-order chi connectivity index (χ1) is 5.63. The normalized spacial score (nSPS) is 9.42. The number of ether oxygens (including phenoxy) is 1. The number of rotatable bonds is 1. The fourth-order valence-corrected chi connectivity index (χ4v) is 1.31. The standard InChI is InChI=1S/C6H6N2O3S/c1-11-5(9)3-2-4(7)8-6(10)12-3/h2H,1H3,(H2,7,8,10). The number of hydrogen-bond donors (Lipinski definition) is 1. The van der Waals surface area contributed by atoms with Gasteiger partial charge in [-0.3, -0.25) is 4.79 Å². The number of hydrogen-bond acceptors (Lipinski definition) is 6. The molecule has 64 valence electrons. The van der Waals surface area contributed by atoms with Crippen molar-refractivity contribution < 1.29 is 9.53 Å². The van der Waals surface area contributed by atoms with Crippen LogP contribution in [0.4, 0.5) is 5.82 Å². The predicted octanol–water partition coefficient (Wildman–Crippen LogP) is -0.128. The summed E-state index contributed by atoms with van der Waals surface area (Å²) in [5.74, 6) is -0.551. The van der Waals surface area contributed by atoms with E-state index in [1.165, 1.54) is 13.2 Å². The van der Waals surface area contributed by atoms with Crippen LogP contribution in [0.5, 0.6) is 0 Å². The molecule has 0 aromatic carbocycles. The molecule has 6 heteroatoms. The van der Waals surface area contributed by atoms with Gasteiger partial charge in [0.2, 0.25) is 0 Å². The van der Waals surface area contributed by atoms with Gasteiger partial charge in [-0.25, -0.2) is 4.79 Å². The Kier molecular flexibility index (Phi) is 2.39. The highest BCUT2D eigenvalue weighted by Gasteiger charge is 2.08. The summed E-state index contributed by atoms with van der Waals surface area (Å²) in [5.41, 5.74) is 5.24. The smallest absolute Gasteiger partial charge is 0.348 e. The minimum Gasteiger partial charge on any atom is -0.465 e. The molecule has 0 saturated heterocycles. The molecule has 0 aliphatic heterocycles. The molecule has 0 unspecified atom stereocenters. The van der Waals surface area contributed by atoms with Crippen molar-refractivity contribution in [2.75, 3.05) is 12.8 Å². The Morgan fingerprint density at radius 3 is 2.92 bits per heavy atom. The minimum atomic E-state index is -0.578. The number of esters is 1. The molecule has 0 aliphatic rings. The van der Waals surface area contributed by atoms with Crippen LogP contribution in [-0.4, -0.2) is 18.1 Å². The van der Waals surface area contributed by atoms with Crippen molar-refractivity contribution in [2.24, 2.45) is 0 Å². The fraction of sp³-hybridized carbons (Fsp3) is 0.167. The summed E-state index contributed by atoms with van der Waals surface area (Å²) in [7, 11) is 1.23. The molecule has 0 amide bonds. The number of anilines is 1. The Labute approximate surface area is 71.8 Å². The van der Waals surface area contributed by atoms with E-state index in [1.54, 1.807) is 0 Å². The number of aromatic nitrogens is 1. The van der Waals surface area contributed by atoms with Crippen molar-refractivity contribution in [3.63, 3.8) is 0 Å². The van der Waals surface area contributed by atoms with Crippen molar-refractivity contribution in [2.45, 2.75) is 0 Å². The molecule has 5 nitrogen and oxygen atoms in total. The number of carbonyl (C=O) groups excluding carboxylic acids is 1. The molecular weight excluding hydrogens is 180 g/mol. The van der Waals surface area contributed by atoms with Crippen molar-refractivity contribution in [3.05, 3.63) is 20.6 Å². The summed E-state index contributed by atoms with van der Waals surface area (Å²) in [5, 5.41) is 0. The van der Waals surface area contributed by atoms with Crippen LogP contribution < -0.4 is 10.6 Å². The zero-order valence-corrected chi connectivity index (χ0v) is 7.05. The van der Waals surface area contributed by atoms with Gasteiger partial charge in [-0.05, 0) is 0 Å². The minimum absolute atomic E-state index is 0.0270. The Balaban J connectivity index is 3.17. The number of carbonyl (C=O) groups is 1. The average molecular weight is 186 g/mol. The van der Waals surface area contributed by atoms with Crippen LogP contribution >= 0.6 is 11.3 Å². The van der Waals surface area contributed by atoms with Gasteiger partial charge in [-0.1, -0.05) is 11.3 Å². The van der Waals surface area contributed by atoms with Gasteiger partial charge in [0.25, 0.3) is 0 Å². The first-order valence-electron chi connectivity index (χ1n) is 2.99. The highest BCUT2D eigenvalue weighted by atomic mass is 32.1. The van der Waals surface area contributed by atoms with Crippen LogP contribution in [0.15, 0.2) is 10.9 Å². The summed E-state index contributed by atoms with van der Waals surface area (Å²) in [6.45, 7) is 0. The second-order valence-electron chi connectivity index (χ2n) is 1.90. The van der Waals surface area contributed by atoms with Gasteiger partial charge in [0.1, 0.15) is 10.7 Å². The molecule has 0 spiro atoms. The van der Waals surface area contributed by atoms with E-state index in [2.05, 4.69) is 9.72 Å². The van der Waals surface area contributed by atoms with E-state index < -0.39 is 10.8 Å². The number of methoxy groups -OCH3 is 1. The maximum absolute atomic E-state index is 10.9. The van der Waals surface area contributed by atoms with Gasteiger partial charge < -0.3 is 10.5 Å². The van der Waals surface area contributed by atoms with Crippen LogP contribution in [0.1, 0.15) is 9.67 Å². The molecule has 1 aromatic rings. The van der Waals surface area contributed by atoms with Gasteiger partial charge in [-0.15, -0.1) is 0 Å². The van der Waals surface area contributed by atoms with E-state index in [1.807, 2.05) is 0 Å². The highest BCUT2D eigenvalue weighted by molar-refractivity contribution is 7.11. The van der Waals surface area contributed by atoms with E-state index in [0.29, 0.717) is 11.3 Å². The average Bonchev–Trinajstić information content (AvgIpc) is 2.01. The highest BCUT2D eigenvalue weighted by Crippen LogP contribution is 2.06. The van der Waals surface area contributed by atoms with Crippen LogP contribution in [0.2, 0.25) is 0 Å². The summed E-state index contributed by atoms with van der Waals surface area (Å²) >= 11 is 0.703. The zero-order chi connectivity index (χ0) is 9.14. The number of nitrogens with zero attached hydrogens (tertiary/aromatic N) is 1. The lowest BCUT2D eigenvalue weighted by molar-refractivity contribution is 0.0606. The topological polar surface area (TPSA) is 82.3 Å². The molecule has 0 aliphatic carbocycles. The molecule has 0 atom stereocenters. The molecule has 1 rings (SSSR count). The first kappa shape index (κ1) is 8.66. The van der Waals surface area contributed by atoms with E-state index >= 15 is 0 Å². The summed E-state index contributed by atoms with van der Waals surface area (Å²) in [4.78, 5) is 24.7. The van der Waals surface area contributed by atoms with E-state index in [9.17, 15) is 9.59 Å². The Morgan fingerprint density at radius 2 is 2.42 bits per heavy atom. The first-order valence-corrected chi connectivity index (χ1v) is 3.81. The maximum Gasteiger partial charge on any atom is 0.348 e. The quantitative estimate of drug-likeness (QED) is 0.618. The molecule has 0 fully saturated rings. The van der Waals surface area contributed by atoms with Gasteiger partial charge in [0.05, 0.1) is 7.11 Å². The predicted molar refractivity (Wildman–Crippen MR) is 44.1 cm³/mol. The lowest BCUT2D eigenvalue weighted by Gasteiger charge is -1.96. The Bertz CT molecular complexity index is 360. The Hall–Kier alpha value is -1.43. The second-order valence-corrected chi connectivity index (χ2v) is 2.90. The Morgan fingerprint density at radius 1 is 1.75 bits per heavy atom. The summed E-state index contributed by atoms with van der Waals surface area (Å²) in [6, 6.07) is 1.30. The number of nitrogens with two attached hydrogens (primary N) is 1. The van der Waals surface area contributed by atoms with Gasteiger partial charge >= 0.3 is 10.8 Å². The molecule has 12 heavy (non-hydrogen) atoms. The molecule has 1 aromatic heterocycles. The summed E-state index contributed by atoms with van der Waals surface area (Å²) < 4.78 is 4.40. The molecule has 2 N–H and O–H groups in total. The van der Waals surface area contributed by atoms with Crippen LogP contribution in [0.3, 0.4) is 0 Å². The van der Waals surface area contributed by atoms with E-state index in [-0.39, 0.29) is 10.7 Å². The van der Waals surface area contributed by atoms with Crippen molar-refractivity contribution >= 4 is 23.1 Å². The lowest BCUT2D eigenvalue weighted by Crippen LogP contribution is -2.09. The molecule has 0 bridgehead atoms. The monoisotopic (exact) mass is 186 g/mol. The van der Waals surface area contributed by atoms with Crippen molar-refractivity contribution in [3.8, 4) is 0 Å². The molecular formula is C6H6N2O3S. The van der Waals surface area contributed by atoms with Crippen LogP contribution in [0.25, 0.3) is 0 Å². The third kappa shape index (κ3) is 1.79. The number of nitrogen functional groups attached to an aromatic ring is 1. The van der Waals surface area contributed by atoms with Crippen LogP contribution in [-0.2, 0) is 4.74 Å². The van der Waals surface area contributed by atoms with E-state index in [4.69, 9.17) is 5.73 Å². The van der Waals surface area contributed by atoms with Gasteiger partial charge in [0.15, 0.2) is 0 Å². The van der Waals surface area contributed by atoms with Crippen molar-refractivity contribution in [1.29, 1.82) is 0 Å². The zero-order valence-electron chi connectivity index (χ0n) is 6.23. The maximum atomic E-state index is 10.9. The SMILES string of the molecule is COC(=O)c1cc(N)nc(=O)s1. The van der Waals surface area contributed by atoms with Crippen molar-refractivity contribution in [1.82, 2.24) is 4.98 Å². The summed E-state index contributed by atoms with van der Waals surface area (Å²) in [6.07, 6.45) is 0. The van der Waals surface area contributed by atoms with Gasteiger partial charge in [0, 0.05) is 6.07 Å². The lowest BCUT2D eigenvalue weighted by atomic mass is 10.5. The second kappa shape index (κ2) is 3.31. The third-order valence-corrected chi connectivity index (χ3v) is 1.85. The fourth-order valence-electron chi connectivity index (χ4n) is 0.620. The van der Waals surface area contributed by atoms with Gasteiger partial charge in [-0.2, -0.15) is 4.98 Å². The molecule has 0 radical (unpaired) electrons. The van der Waals surface area contributed by atoms with E-state index in [0.717, 1.165) is 0 Å². The molecule has 0 saturated carbocycles. The largest absolute Gasteiger partial charge is 0.465 e. The van der Waals surface area contributed by atoms with Crippen LogP contribution in [0, 0.1) is 0 Å². The molecule has 1 heterocycles.